The highest BCUT2D eigenvalue weighted by atomic mass is 32.1. The van der Waals surface area contributed by atoms with Crippen LogP contribution in [-0.2, 0) is 9.53 Å². The van der Waals surface area contributed by atoms with Crippen LogP contribution in [0.15, 0.2) is 12.1 Å². The van der Waals surface area contributed by atoms with E-state index in [2.05, 4.69) is 9.97 Å². The van der Waals surface area contributed by atoms with Gasteiger partial charge in [0.1, 0.15) is 17.4 Å². The maximum atomic E-state index is 12.3. The molecule has 0 aromatic carbocycles. The Morgan fingerprint density at radius 1 is 1.17 bits per heavy atom. The molecule has 2 heterocycles. The van der Waals surface area contributed by atoms with Gasteiger partial charge in [-0.15, -0.1) is 0 Å². The van der Waals surface area contributed by atoms with Gasteiger partial charge in [0.15, 0.2) is 11.4 Å². The van der Waals surface area contributed by atoms with Gasteiger partial charge in [-0.3, -0.25) is 0 Å². The lowest BCUT2D eigenvalue weighted by Gasteiger charge is -2.29. The number of rotatable bonds is 10. The Hall–Kier alpha value is -1.87. The fraction of sp³-hybridized carbons (Fsp3) is 0.650. The number of carbonyl (C=O) groups is 1. The highest BCUT2D eigenvalue weighted by molar-refractivity contribution is 7.19. The van der Waals surface area contributed by atoms with E-state index in [0.717, 1.165) is 25.7 Å². The number of aromatic nitrogens is 2. The van der Waals surface area contributed by atoms with Gasteiger partial charge in [-0.2, -0.15) is 0 Å². The number of fused-ring (bicyclic) bond motifs is 1. The molecule has 9 heteroatoms. The predicted octanol–water partition coefficient (Wildman–Crippen LogP) is 4.66. The van der Waals surface area contributed by atoms with Crippen molar-refractivity contribution in [3.63, 3.8) is 0 Å². The third kappa shape index (κ3) is 6.85. The first-order chi connectivity index (χ1) is 13.9. The lowest BCUT2D eigenvalue weighted by atomic mass is 9.95. The Labute approximate surface area is 172 Å². The SMILES string of the molecule is CC(=O)C[C@@H](C)COC1CCC(Oc2nc3ccc(OCC(F)F)nc3s2)CC1. The van der Waals surface area contributed by atoms with Gasteiger partial charge in [-0.25, -0.2) is 18.7 Å². The molecule has 1 aliphatic rings. The second-order valence-corrected chi connectivity index (χ2v) is 8.46. The van der Waals surface area contributed by atoms with Gasteiger partial charge < -0.3 is 19.0 Å². The van der Waals surface area contributed by atoms with Crippen LogP contribution in [0.1, 0.15) is 46.0 Å². The smallest absolute Gasteiger partial charge is 0.276 e. The minimum absolute atomic E-state index is 0.0691. The molecule has 0 aliphatic heterocycles. The summed E-state index contributed by atoms with van der Waals surface area (Å²) in [6, 6.07) is 3.23. The van der Waals surface area contributed by atoms with E-state index in [1.807, 2.05) is 6.92 Å². The first-order valence-electron chi connectivity index (χ1n) is 9.85. The van der Waals surface area contributed by atoms with Crippen LogP contribution in [0.3, 0.4) is 0 Å². The maximum Gasteiger partial charge on any atom is 0.276 e. The van der Waals surface area contributed by atoms with Crippen LogP contribution in [0.5, 0.6) is 11.1 Å². The molecule has 29 heavy (non-hydrogen) atoms. The zero-order chi connectivity index (χ0) is 20.8. The summed E-state index contributed by atoms with van der Waals surface area (Å²) in [5.74, 6) is 0.590. The van der Waals surface area contributed by atoms with Crippen LogP contribution in [-0.4, -0.2) is 47.6 Å². The van der Waals surface area contributed by atoms with Crippen LogP contribution in [0, 0.1) is 5.92 Å². The Kier molecular flexibility index (Phi) is 7.71. The van der Waals surface area contributed by atoms with Crippen molar-refractivity contribution in [2.75, 3.05) is 13.2 Å². The Morgan fingerprint density at radius 2 is 1.90 bits per heavy atom. The van der Waals surface area contributed by atoms with Crippen molar-refractivity contribution >= 4 is 27.5 Å². The largest absolute Gasteiger partial charge is 0.472 e. The number of alkyl halides is 2. The second kappa shape index (κ2) is 10.2. The fourth-order valence-electron chi connectivity index (χ4n) is 3.37. The van der Waals surface area contributed by atoms with Gasteiger partial charge >= 0.3 is 0 Å². The molecule has 1 fully saturated rings. The molecular formula is C20H26F2N2O4S. The molecule has 1 atom stereocenters. The molecule has 160 valence electrons. The molecule has 0 radical (unpaired) electrons. The first kappa shape index (κ1) is 21.8. The second-order valence-electron chi connectivity index (χ2n) is 7.52. The van der Waals surface area contributed by atoms with Gasteiger partial charge in [-0.05, 0) is 44.6 Å². The number of ketones is 1. The summed E-state index contributed by atoms with van der Waals surface area (Å²) in [6.07, 6.45) is 1.85. The predicted molar refractivity (Wildman–Crippen MR) is 106 cm³/mol. The van der Waals surface area contributed by atoms with E-state index in [-0.39, 0.29) is 29.8 Å². The first-order valence-corrected chi connectivity index (χ1v) is 10.7. The quantitative estimate of drug-likeness (QED) is 0.548. The normalized spacial score (nSPS) is 20.7. The van der Waals surface area contributed by atoms with E-state index in [9.17, 15) is 13.6 Å². The molecule has 1 saturated carbocycles. The van der Waals surface area contributed by atoms with Crippen LogP contribution < -0.4 is 9.47 Å². The standard InChI is InChI=1S/C20H26F2N2O4S/c1-12(9-13(2)25)10-26-14-3-5-15(6-4-14)28-20-23-16-7-8-18(24-19(16)29-20)27-11-17(21)22/h7-8,12,14-15,17H,3-6,9-11H2,1-2H3/t12-,14?,15?/m1/s1. The van der Waals surface area contributed by atoms with Crippen LogP contribution in [0.4, 0.5) is 8.78 Å². The molecule has 3 rings (SSSR count). The summed E-state index contributed by atoms with van der Waals surface area (Å²) in [4.78, 5) is 20.4. The van der Waals surface area contributed by atoms with Gasteiger partial charge in [0, 0.05) is 19.1 Å². The van der Waals surface area contributed by atoms with Crippen molar-refractivity contribution in [2.24, 2.45) is 5.92 Å². The summed E-state index contributed by atoms with van der Waals surface area (Å²) >= 11 is 1.28. The highest BCUT2D eigenvalue weighted by Gasteiger charge is 2.24. The third-order valence-electron chi connectivity index (χ3n) is 4.71. The average molecular weight is 429 g/mol. The number of hydrogen-bond acceptors (Lipinski definition) is 7. The molecule has 0 N–H and O–H groups in total. The monoisotopic (exact) mass is 428 g/mol. The highest BCUT2D eigenvalue weighted by Crippen LogP contribution is 2.32. The van der Waals surface area contributed by atoms with Crippen molar-refractivity contribution < 1.29 is 27.8 Å². The maximum absolute atomic E-state index is 12.3. The van der Waals surface area contributed by atoms with Gasteiger partial charge in [-0.1, -0.05) is 18.3 Å². The third-order valence-corrected chi connectivity index (χ3v) is 5.56. The number of carbonyl (C=O) groups excluding carboxylic acids is 1. The average Bonchev–Trinajstić information content (AvgIpc) is 3.06. The number of halogens is 2. The van der Waals surface area contributed by atoms with Crippen molar-refractivity contribution in [1.82, 2.24) is 9.97 Å². The van der Waals surface area contributed by atoms with Crippen molar-refractivity contribution in [3.05, 3.63) is 12.1 Å². The van der Waals surface area contributed by atoms with Crippen molar-refractivity contribution in [2.45, 2.75) is 64.6 Å². The van der Waals surface area contributed by atoms with E-state index < -0.39 is 13.0 Å². The number of Topliss-reactive ketones (excluding diaryl/α,β-unsaturated/α-hetero) is 1. The number of ether oxygens (including phenoxy) is 3. The van der Waals surface area contributed by atoms with Crippen molar-refractivity contribution in [1.29, 1.82) is 0 Å². The number of nitrogens with zero attached hydrogens (tertiary/aromatic N) is 2. The topological polar surface area (TPSA) is 70.5 Å². The lowest BCUT2D eigenvalue weighted by Crippen LogP contribution is -2.29. The van der Waals surface area contributed by atoms with Crippen LogP contribution in [0.25, 0.3) is 10.3 Å². The van der Waals surface area contributed by atoms with E-state index in [0.29, 0.717) is 28.6 Å². The minimum atomic E-state index is -2.54. The lowest BCUT2D eigenvalue weighted by molar-refractivity contribution is -0.118. The molecular weight excluding hydrogens is 402 g/mol. The molecule has 2 aromatic heterocycles. The number of thiazole rings is 1. The molecule has 6 nitrogen and oxygen atoms in total. The van der Waals surface area contributed by atoms with Gasteiger partial charge in [0.2, 0.25) is 5.88 Å². The fourth-order valence-corrected chi connectivity index (χ4v) is 4.22. The molecule has 0 saturated heterocycles. The zero-order valence-electron chi connectivity index (χ0n) is 16.6. The summed E-state index contributed by atoms with van der Waals surface area (Å²) in [5.41, 5.74) is 0.658. The Balaban J connectivity index is 1.46. The molecule has 0 unspecified atom stereocenters. The number of hydrogen-bond donors (Lipinski definition) is 0. The number of pyridine rings is 1. The summed E-state index contributed by atoms with van der Waals surface area (Å²) < 4.78 is 41.4. The molecule has 2 aromatic rings. The molecule has 0 amide bonds. The molecule has 1 aliphatic carbocycles. The Morgan fingerprint density at radius 3 is 2.59 bits per heavy atom. The van der Waals surface area contributed by atoms with E-state index in [1.54, 1.807) is 13.0 Å². The van der Waals surface area contributed by atoms with Crippen LogP contribution in [0.2, 0.25) is 0 Å². The van der Waals surface area contributed by atoms with E-state index in [4.69, 9.17) is 14.2 Å². The van der Waals surface area contributed by atoms with Gasteiger partial charge in [0.05, 0.1) is 6.10 Å². The summed E-state index contributed by atoms with van der Waals surface area (Å²) in [6.45, 7) is 3.56. The zero-order valence-corrected chi connectivity index (χ0v) is 17.4. The van der Waals surface area contributed by atoms with E-state index >= 15 is 0 Å². The van der Waals surface area contributed by atoms with Crippen LogP contribution >= 0.6 is 11.3 Å². The van der Waals surface area contributed by atoms with E-state index in [1.165, 1.54) is 17.4 Å². The summed E-state index contributed by atoms with van der Waals surface area (Å²) in [5, 5.41) is 0.526. The Bertz CT molecular complexity index is 809. The van der Waals surface area contributed by atoms with Crippen molar-refractivity contribution in [3.8, 4) is 11.1 Å². The minimum Gasteiger partial charge on any atom is -0.472 e. The molecule has 0 bridgehead atoms. The molecule has 0 spiro atoms. The van der Waals surface area contributed by atoms with Gasteiger partial charge in [0.25, 0.3) is 11.6 Å². The summed E-state index contributed by atoms with van der Waals surface area (Å²) in [7, 11) is 0.